The van der Waals surface area contributed by atoms with Gasteiger partial charge in [-0.25, -0.2) is 0 Å². The van der Waals surface area contributed by atoms with Gasteiger partial charge in [0, 0.05) is 15.6 Å². The van der Waals surface area contributed by atoms with E-state index in [4.69, 9.17) is 0 Å². The van der Waals surface area contributed by atoms with Crippen molar-refractivity contribution in [1.82, 2.24) is 0 Å². The van der Waals surface area contributed by atoms with Crippen molar-refractivity contribution in [2.24, 2.45) is 0 Å². The Morgan fingerprint density at radius 1 is 0.947 bits per heavy atom. The van der Waals surface area contributed by atoms with E-state index in [2.05, 4.69) is 15.9 Å². The first-order valence-electron chi connectivity index (χ1n) is 6.33. The maximum Gasteiger partial charge on any atom is 0.189 e. The average molecular weight is 313 g/mol. The number of halogens is 1. The second kappa shape index (κ2) is 5.14. The fraction of sp³-hybridized carbons (Fsp3) is 0.118. The summed E-state index contributed by atoms with van der Waals surface area (Å²) in [7, 11) is 0. The predicted octanol–water partition coefficient (Wildman–Crippen LogP) is 4.66. The number of rotatable bonds is 1. The van der Waals surface area contributed by atoms with Crippen LogP contribution in [-0.4, -0.2) is 5.78 Å². The summed E-state index contributed by atoms with van der Waals surface area (Å²) in [6.45, 7) is 0. The Morgan fingerprint density at radius 3 is 2.47 bits per heavy atom. The molecule has 0 unspecified atom stereocenters. The van der Waals surface area contributed by atoms with E-state index >= 15 is 0 Å². The number of benzene rings is 2. The number of carbonyl (C=O) groups is 1. The molecule has 0 aromatic heterocycles. The molecule has 3 rings (SSSR count). The highest BCUT2D eigenvalue weighted by molar-refractivity contribution is 9.10. The molecular weight excluding hydrogens is 300 g/mol. The number of fused-ring (bicyclic) bond motifs is 1. The number of allylic oxidation sites excluding steroid dienone is 1. The predicted molar refractivity (Wildman–Crippen MR) is 81.2 cm³/mol. The molecule has 0 atom stereocenters. The molecular formula is C17H13BrO. The summed E-state index contributed by atoms with van der Waals surface area (Å²) in [5.74, 6) is 0.171. The third-order valence-electron chi connectivity index (χ3n) is 3.43. The quantitative estimate of drug-likeness (QED) is 0.700. The maximum absolute atomic E-state index is 12.4. The third-order valence-corrected chi connectivity index (χ3v) is 3.96. The van der Waals surface area contributed by atoms with Crippen molar-refractivity contribution in [3.05, 3.63) is 75.3 Å². The molecule has 1 nitrogen and oxygen atoms in total. The minimum atomic E-state index is 0.171. The maximum atomic E-state index is 12.4. The normalized spacial score (nSPS) is 16.5. The molecule has 1 aliphatic rings. The van der Waals surface area contributed by atoms with Crippen LogP contribution in [0.2, 0.25) is 0 Å². The Morgan fingerprint density at radius 2 is 1.68 bits per heavy atom. The summed E-state index contributed by atoms with van der Waals surface area (Å²) in [5, 5.41) is 0. The van der Waals surface area contributed by atoms with Crippen LogP contribution in [-0.2, 0) is 6.42 Å². The lowest BCUT2D eigenvalue weighted by Crippen LogP contribution is -2.13. The zero-order valence-electron chi connectivity index (χ0n) is 10.4. The van der Waals surface area contributed by atoms with Gasteiger partial charge >= 0.3 is 0 Å². The van der Waals surface area contributed by atoms with Crippen LogP contribution in [0.1, 0.15) is 27.9 Å². The molecule has 0 saturated carbocycles. The van der Waals surface area contributed by atoms with Crippen LogP contribution in [0.4, 0.5) is 0 Å². The van der Waals surface area contributed by atoms with Crippen molar-refractivity contribution in [3.8, 4) is 0 Å². The SMILES string of the molecule is O=C1/C(=C/c2ccc(Br)cc2)CCc2ccccc21. The summed E-state index contributed by atoms with van der Waals surface area (Å²) in [6, 6.07) is 15.9. The number of Topliss-reactive ketones (excluding diaryl/α,β-unsaturated/α-hetero) is 1. The molecule has 0 N–H and O–H groups in total. The topological polar surface area (TPSA) is 17.1 Å². The van der Waals surface area contributed by atoms with Crippen LogP contribution in [0.25, 0.3) is 6.08 Å². The molecule has 0 bridgehead atoms. The zero-order valence-corrected chi connectivity index (χ0v) is 12.0. The van der Waals surface area contributed by atoms with Crippen molar-refractivity contribution in [3.63, 3.8) is 0 Å². The molecule has 0 radical (unpaired) electrons. The first-order valence-corrected chi connectivity index (χ1v) is 7.12. The summed E-state index contributed by atoms with van der Waals surface area (Å²) in [6.07, 6.45) is 3.78. The lowest BCUT2D eigenvalue weighted by molar-refractivity contribution is 0.102. The third kappa shape index (κ3) is 2.54. The molecule has 0 aliphatic heterocycles. The monoisotopic (exact) mass is 312 g/mol. The van der Waals surface area contributed by atoms with Crippen molar-refractivity contribution >= 4 is 27.8 Å². The molecule has 2 aromatic rings. The highest BCUT2D eigenvalue weighted by Gasteiger charge is 2.20. The second-order valence-electron chi connectivity index (χ2n) is 4.71. The van der Waals surface area contributed by atoms with Gasteiger partial charge in [0.15, 0.2) is 5.78 Å². The van der Waals surface area contributed by atoms with E-state index in [-0.39, 0.29) is 5.78 Å². The van der Waals surface area contributed by atoms with Crippen LogP contribution in [0.15, 0.2) is 58.6 Å². The number of ketones is 1. The van der Waals surface area contributed by atoms with Crippen LogP contribution in [0, 0.1) is 0 Å². The minimum Gasteiger partial charge on any atom is -0.289 e. The molecule has 2 aromatic carbocycles. The lowest BCUT2D eigenvalue weighted by Gasteiger charge is -2.17. The van der Waals surface area contributed by atoms with E-state index in [1.54, 1.807) is 0 Å². The van der Waals surface area contributed by atoms with Gasteiger partial charge in [-0.15, -0.1) is 0 Å². The molecule has 19 heavy (non-hydrogen) atoms. The largest absolute Gasteiger partial charge is 0.289 e. The first-order chi connectivity index (χ1) is 9.24. The standard InChI is InChI=1S/C17H13BrO/c18-15-9-5-12(6-10-15)11-14-8-7-13-3-1-2-4-16(13)17(14)19/h1-6,9-11H,7-8H2/b14-11+. The molecule has 2 heteroatoms. The highest BCUT2D eigenvalue weighted by Crippen LogP contribution is 2.26. The number of carbonyl (C=O) groups excluding carboxylic acids is 1. The Kier molecular flexibility index (Phi) is 3.34. The van der Waals surface area contributed by atoms with Gasteiger partial charge in [-0.1, -0.05) is 52.3 Å². The Balaban J connectivity index is 1.96. The average Bonchev–Trinajstić information content (AvgIpc) is 2.45. The highest BCUT2D eigenvalue weighted by atomic mass is 79.9. The van der Waals surface area contributed by atoms with E-state index < -0.39 is 0 Å². The van der Waals surface area contributed by atoms with Gasteiger partial charge in [0.2, 0.25) is 0 Å². The lowest BCUT2D eigenvalue weighted by atomic mass is 9.86. The second-order valence-corrected chi connectivity index (χ2v) is 5.62. The van der Waals surface area contributed by atoms with Gasteiger partial charge < -0.3 is 0 Å². The molecule has 0 amide bonds. The van der Waals surface area contributed by atoms with Crippen molar-refractivity contribution in [2.75, 3.05) is 0 Å². The minimum absolute atomic E-state index is 0.171. The van der Waals surface area contributed by atoms with E-state index in [0.29, 0.717) is 0 Å². The molecule has 0 spiro atoms. The van der Waals surface area contributed by atoms with E-state index in [1.165, 1.54) is 5.56 Å². The molecule has 0 saturated heterocycles. The van der Waals surface area contributed by atoms with Crippen molar-refractivity contribution < 1.29 is 4.79 Å². The van der Waals surface area contributed by atoms with Crippen molar-refractivity contribution in [1.29, 1.82) is 0 Å². The summed E-state index contributed by atoms with van der Waals surface area (Å²) in [5.41, 5.74) is 4.00. The van der Waals surface area contributed by atoms with Crippen LogP contribution in [0.3, 0.4) is 0 Å². The smallest absolute Gasteiger partial charge is 0.189 e. The van der Waals surface area contributed by atoms with Gasteiger partial charge in [-0.3, -0.25) is 4.79 Å². The summed E-state index contributed by atoms with van der Waals surface area (Å²) < 4.78 is 1.05. The van der Waals surface area contributed by atoms with Crippen LogP contribution in [0.5, 0.6) is 0 Å². The Bertz CT molecular complexity index is 653. The van der Waals surface area contributed by atoms with Crippen molar-refractivity contribution in [2.45, 2.75) is 12.8 Å². The van der Waals surface area contributed by atoms with Gasteiger partial charge in [0.25, 0.3) is 0 Å². The van der Waals surface area contributed by atoms with Crippen LogP contribution < -0.4 is 0 Å². The molecule has 1 aliphatic carbocycles. The van der Waals surface area contributed by atoms with Gasteiger partial charge in [-0.2, -0.15) is 0 Å². The molecule has 0 heterocycles. The number of hydrogen-bond donors (Lipinski definition) is 0. The van der Waals surface area contributed by atoms with Gasteiger partial charge in [0.05, 0.1) is 0 Å². The fourth-order valence-corrected chi connectivity index (χ4v) is 2.68. The fourth-order valence-electron chi connectivity index (χ4n) is 2.41. The van der Waals surface area contributed by atoms with Gasteiger partial charge in [0.1, 0.15) is 0 Å². The number of hydrogen-bond acceptors (Lipinski definition) is 1. The number of aryl methyl sites for hydroxylation is 1. The van der Waals surface area contributed by atoms with E-state index in [1.807, 2.05) is 54.6 Å². The van der Waals surface area contributed by atoms with E-state index in [9.17, 15) is 4.79 Å². The zero-order chi connectivity index (χ0) is 13.2. The first kappa shape index (κ1) is 12.4. The van der Waals surface area contributed by atoms with E-state index in [0.717, 1.165) is 34.0 Å². The molecule has 94 valence electrons. The Labute approximate surface area is 121 Å². The summed E-state index contributed by atoms with van der Waals surface area (Å²) >= 11 is 3.42. The summed E-state index contributed by atoms with van der Waals surface area (Å²) in [4.78, 5) is 12.4. The van der Waals surface area contributed by atoms with Gasteiger partial charge in [-0.05, 0) is 42.2 Å². The molecule has 0 fully saturated rings. The Hall–Kier alpha value is -1.67. The van der Waals surface area contributed by atoms with Crippen LogP contribution >= 0.6 is 15.9 Å².